The van der Waals surface area contributed by atoms with Gasteiger partial charge < -0.3 is 5.32 Å². The summed E-state index contributed by atoms with van der Waals surface area (Å²) < 4.78 is 50.9. The smallest absolute Gasteiger partial charge is 0.307 e. The van der Waals surface area contributed by atoms with Gasteiger partial charge in [0, 0.05) is 12.1 Å². The minimum atomic E-state index is -4.06. The van der Waals surface area contributed by atoms with Crippen molar-refractivity contribution in [2.45, 2.75) is 57.3 Å². The summed E-state index contributed by atoms with van der Waals surface area (Å²) in [6.45, 7) is 2.02. The second-order valence-electron chi connectivity index (χ2n) is 5.77. The van der Waals surface area contributed by atoms with Gasteiger partial charge >= 0.3 is 6.18 Å². The van der Waals surface area contributed by atoms with Crippen molar-refractivity contribution in [1.82, 2.24) is 5.32 Å². The lowest BCUT2D eigenvalue weighted by Gasteiger charge is -2.33. The summed E-state index contributed by atoms with van der Waals surface area (Å²) in [7, 11) is 0. The molecule has 0 radical (unpaired) electrons. The van der Waals surface area contributed by atoms with Crippen molar-refractivity contribution < 1.29 is 17.6 Å². The Morgan fingerprint density at radius 3 is 2.14 bits per heavy atom. The van der Waals surface area contributed by atoms with Gasteiger partial charge in [0.25, 0.3) is 0 Å². The van der Waals surface area contributed by atoms with Crippen LogP contribution >= 0.6 is 0 Å². The maximum Gasteiger partial charge on any atom is 0.391 e. The fourth-order valence-corrected chi connectivity index (χ4v) is 3.02. The minimum absolute atomic E-state index is 0.0676. The van der Waals surface area contributed by atoms with Crippen molar-refractivity contribution in [2.24, 2.45) is 5.92 Å². The molecule has 0 heterocycles. The molecule has 1 aliphatic carbocycles. The van der Waals surface area contributed by atoms with E-state index in [1.807, 2.05) is 6.92 Å². The van der Waals surface area contributed by atoms with Gasteiger partial charge in [-0.25, -0.2) is 4.39 Å². The van der Waals surface area contributed by atoms with Gasteiger partial charge in [-0.3, -0.25) is 0 Å². The highest BCUT2D eigenvalue weighted by molar-refractivity contribution is 5.20. The molecule has 1 saturated carbocycles. The van der Waals surface area contributed by atoms with Gasteiger partial charge in [0.2, 0.25) is 0 Å². The third kappa shape index (κ3) is 4.43. The van der Waals surface area contributed by atoms with Gasteiger partial charge in [0.15, 0.2) is 0 Å². The van der Waals surface area contributed by atoms with Crippen LogP contribution in [-0.4, -0.2) is 12.2 Å². The molecule has 0 saturated heterocycles. The fourth-order valence-electron chi connectivity index (χ4n) is 3.02. The standard InChI is InChI=1S/C16H21F4N/c1-2-15(11-3-7-13(17)8-4-11)21-14-9-5-12(6-10-14)16(18,19)20/h3-4,7-8,12,14-15,21H,2,5-6,9-10H2,1H3. The highest BCUT2D eigenvalue weighted by Crippen LogP contribution is 2.38. The normalized spacial score (nSPS) is 24.8. The topological polar surface area (TPSA) is 12.0 Å². The summed E-state index contributed by atoms with van der Waals surface area (Å²) >= 11 is 0. The highest BCUT2D eigenvalue weighted by atomic mass is 19.4. The van der Waals surface area contributed by atoms with E-state index in [-0.39, 0.29) is 30.7 Å². The molecule has 1 N–H and O–H groups in total. The molecule has 1 aromatic carbocycles. The molecule has 1 fully saturated rings. The third-order valence-corrected chi connectivity index (χ3v) is 4.31. The number of halogens is 4. The van der Waals surface area contributed by atoms with E-state index in [0.29, 0.717) is 12.8 Å². The molecule has 0 aromatic heterocycles. The molecule has 0 aliphatic heterocycles. The van der Waals surface area contributed by atoms with Crippen molar-refractivity contribution in [2.75, 3.05) is 0 Å². The van der Waals surface area contributed by atoms with Crippen molar-refractivity contribution >= 4 is 0 Å². The van der Waals surface area contributed by atoms with E-state index in [1.54, 1.807) is 12.1 Å². The maximum absolute atomic E-state index is 12.9. The molecule has 1 nitrogen and oxygen atoms in total. The lowest BCUT2D eigenvalue weighted by molar-refractivity contribution is -0.182. The summed E-state index contributed by atoms with van der Waals surface area (Å²) in [5, 5.41) is 3.42. The Morgan fingerprint density at radius 2 is 1.67 bits per heavy atom. The average Bonchev–Trinajstić information content (AvgIpc) is 2.45. The van der Waals surface area contributed by atoms with Crippen LogP contribution in [-0.2, 0) is 0 Å². The second kappa shape index (κ2) is 6.77. The quantitative estimate of drug-likeness (QED) is 0.773. The first-order valence-corrected chi connectivity index (χ1v) is 7.48. The van der Waals surface area contributed by atoms with Crippen LogP contribution in [0.15, 0.2) is 24.3 Å². The molecular weight excluding hydrogens is 282 g/mol. The van der Waals surface area contributed by atoms with E-state index >= 15 is 0 Å². The summed E-state index contributed by atoms with van der Waals surface area (Å²) in [4.78, 5) is 0. The Kier molecular flexibility index (Phi) is 5.25. The Bertz CT molecular complexity index is 433. The number of alkyl halides is 3. The van der Waals surface area contributed by atoms with E-state index in [1.165, 1.54) is 12.1 Å². The van der Waals surface area contributed by atoms with E-state index < -0.39 is 12.1 Å². The first-order valence-electron chi connectivity index (χ1n) is 7.48. The van der Waals surface area contributed by atoms with Crippen LogP contribution in [0.25, 0.3) is 0 Å². The molecule has 1 unspecified atom stereocenters. The van der Waals surface area contributed by atoms with Crippen LogP contribution in [0.3, 0.4) is 0 Å². The molecule has 5 heteroatoms. The highest BCUT2D eigenvalue weighted by Gasteiger charge is 2.41. The summed E-state index contributed by atoms with van der Waals surface area (Å²) in [6.07, 6.45) is -1.76. The zero-order valence-corrected chi connectivity index (χ0v) is 12.1. The molecule has 1 aromatic rings. The Balaban J connectivity index is 1.90. The molecule has 1 aliphatic rings. The van der Waals surface area contributed by atoms with Crippen LogP contribution < -0.4 is 5.32 Å². The van der Waals surface area contributed by atoms with Gasteiger partial charge in [-0.2, -0.15) is 13.2 Å². The minimum Gasteiger partial charge on any atom is -0.307 e. The zero-order chi connectivity index (χ0) is 15.5. The second-order valence-corrected chi connectivity index (χ2v) is 5.77. The molecule has 1 atom stereocenters. The van der Waals surface area contributed by atoms with Crippen LogP contribution in [0.1, 0.15) is 50.6 Å². The van der Waals surface area contributed by atoms with E-state index in [2.05, 4.69) is 5.32 Å². The van der Waals surface area contributed by atoms with Gasteiger partial charge in [-0.15, -0.1) is 0 Å². The number of hydrogen-bond acceptors (Lipinski definition) is 1. The Hall–Kier alpha value is -1.10. The van der Waals surface area contributed by atoms with Gasteiger partial charge in [0.1, 0.15) is 5.82 Å². The molecule has 118 valence electrons. The molecular formula is C16H21F4N. The average molecular weight is 303 g/mol. The molecule has 0 bridgehead atoms. The van der Waals surface area contributed by atoms with Gasteiger partial charge in [0.05, 0.1) is 5.92 Å². The van der Waals surface area contributed by atoms with E-state index in [4.69, 9.17) is 0 Å². The number of benzene rings is 1. The van der Waals surface area contributed by atoms with Crippen LogP contribution in [0.2, 0.25) is 0 Å². The van der Waals surface area contributed by atoms with Gasteiger partial charge in [-0.05, 0) is 49.8 Å². The number of hydrogen-bond donors (Lipinski definition) is 1. The molecule has 21 heavy (non-hydrogen) atoms. The van der Waals surface area contributed by atoms with Crippen LogP contribution in [0, 0.1) is 11.7 Å². The number of rotatable bonds is 4. The van der Waals surface area contributed by atoms with Crippen molar-refractivity contribution in [3.8, 4) is 0 Å². The predicted molar refractivity (Wildman–Crippen MR) is 74.4 cm³/mol. The summed E-state index contributed by atoms with van der Waals surface area (Å²) in [5.41, 5.74) is 0.983. The van der Waals surface area contributed by atoms with Crippen molar-refractivity contribution in [1.29, 1.82) is 0 Å². The molecule has 2 rings (SSSR count). The largest absolute Gasteiger partial charge is 0.391 e. The van der Waals surface area contributed by atoms with Crippen LogP contribution in [0.5, 0.6) is 0 Å². The number of nitrogens with one attached hydrogen (secondary N) is 1. The first kappa shape index (κ1) is 16.3. The van der Waals surface area contributed by atoms with Gasteiger partial charge in [-0.1, -0.05) is 19.1 Å². The van der Waals surface area contributed by atoms with Crippen LogP contribution in [0.4, 0.5) is 17.6 Å². The summed E-state index contributed by atoms with van der Waals surface area (Å²) in [5.74, 6) is -1.43. The monoisotopic (exact) mass is 303 g/mol. The fraction of sp³-hybridized carbons (Fsp3) is 0.625. The van der Waals surface area contributed by atoms with E-state index in [9.17, 15) is 17.6 Å². The third-order valence-electron chi connectivity index (χ3n) is 4.31. The Labute approximate surface area is 122 Å². The first-order chi connectivity index (χ1) is 9.90. The Morgan fingerprint density at radius 1 is 1.10 bits per heavy atom. The zero-order valence-electron chi connectivity index (χ0n) is 12.1. The predicted octanol–water partition coefficient (Wildman–Crippen LogP) is 4.99. The maximum atomic E-state index is 12.9. The lowest BCUT2D eigenvalue weighted by Crippen LogP contribution is -2.38. The van der Waals surface area contributed by atoms with Crippen molar-refractivity contribution in [3.05, 3.63) is 35.6 Å². The summed E-state index contributed by atoms with van der Waals surface area (Å²) in [6, 6.07) is 6.48. The SMILES string of the molecule is CCC(NC1CCC(C(F)(F)F)CC1)c1ccc(F)cc1. The van der Waals surface area contributed by atoms with Crippen molar-refractivity contribution in [3.63, 3.8) is 0 Å². The molecule has 0 spiro atoms. The van der Waals surface area contributed by atoms with E-state index in [0.717, 1.165) is 12.0 Å². The lowest BCUT2D eigenvalue weighted by atomic mass is 9.85. The molecule has 0 amide bonds.